The molecule has 1 rings (SSSR count). The van der Waals surface area contributed by atoms with Crippen LogP contribution < -0.4 is 15.8 Å². The van der Waals surface area contributed by atoms with Crippen LogP contribution in [0.5, 0.6) is 5.75 Å². The minimum atomic E-state index is 0.0402. The van der Waals surface area contributed by atoms with Gasteiger partial charge in [-0.2, -0.15) is 0 Å². The SMILES string of the molecule is COc1ccc(CCC(=O)N[C@H](C)CN)cc1. The van der Waals surface area contributed by atoms with Gasteiger partial charge in [-0.15, -0.1) is 0 Å². The summed E-state index contributed by atoms with van der Waals surface area (Å²) in [5, 5.41) is 2.83. The number of nitrogens with one attached hydrogen (secondary N) is 1. The lowest BCUT2D eigenvalue weighted by Crippen LogP contribution is -2.37. The second-order valence-corrected chi connectivity index (χ2v) is 4.05. The maximum atomic E-state index is 11.5. The van der Waals surface area contributed by atoms with Crippen LogP contribution in [0.3, 0.4) is 0 Å². The number of ether oxygens (including phenoxy) is 1. The minimum absolute atomic E-state index is 0.0402. The van der Waals surface area contributed by atoms with Gasteiger partial charge in [0, 0.05) is 19.0 Å². The van der Waals surface area contributed by atoms with E-state index in [2.05, 4.69) is 5.32 Å². The molecule has 3 N–H and O–H groups in total. The van der Waals surface area contributed by atoms with E-state index < -0.39 is 0 Å². The first-order valence-electron chi connectivity index (χ1n) is 5.78. The number of hydrogen-bond acceptors (Lipinski definition) is 3. The number of aryl methyl sites for hydroxylation is 1. The Balaban J connectivity index is 2.36. The summed E-state index contributed by atoms with van der Waals surface area (Å²) >= 11 is 0. The number of carbonyl (C=O) groups is 1. The summed E-state index contributed by atoms with van der Waals surface area (Å²) in [5.41, 5.74) is 6.56. The highest BCUT2D eigenvalue weighted by Gasteiger charge is 2.05. The van der Waals surface area contributed by atoms with Gasteiger partial charge in [-0.3, -0.25) is 4.79 Å². The second kappa shape index (κ2) is 6.91. The molecule has 1 atom stereocenters. The fraction of sp³-hybridized carbons (Fsp3) is 0.462. The third kappa shape index (κ3) is 4.87. The number of amides is 1. The van der Waals surface area contributed by atoms with Gasteiger partial charge in [-0.1, -0.05) is 12.1 Å². The zero-order valence-corrected chi connectivity index (χ0v) is 10.4. The van der Waals surface area contributed by atoms with Crippen LogP contribution in [0.15, 0.2) is 24.3 Å². The Morgan fingerprint density at radius 3 is 2.59 bits per heavy atom. The van der Waals surface area contributed by atoms with Crippen LogP contribution in [0.2, 0.25) is 0 Å². The van der Waals surface area contributed by atoms with Gasteiger partial charge in [0.1, 0.15) is 5.75 Å². The highest BCUT2D eigenvalue weighted by Crippen LogP contribution is 2.12. The smallest absolute Gasteiger partial charge is 0.220 e. The van der Waals surface area contributed by atoms with Crippen molar-refractivity contribution < 1.29 is 9.53 Å². The molecule has 0 unspecified atom stereocenters. The Morgan fingerprint density at radius 1 is 1.41 bits per heavy atom. The monoisotopic (exact) mass is 236 g/mol. The maximum absolute atomic E-state index is 11.5. The average molecular weight is 236 g/mol. The first-order chi connectivity index (χ1) is 8.15. The number of carbonyl (C=O) groups excluding carboxylic acids is 1. The maximum Gasteiger partial charge on any atom is 0.220 e. The number of methoxy groups -OCH3 is 1. The molecule has 0 aliphatic heterocycles. The lowest BCUT2D eigenvalue weighted by atomic mass is 10.1. The Labute approximate surface area is 102 Å². The molecule has 17 heavy (non-hydrogen) atoms. The van der Waals surface area contributed by atoms with Gasteiger partial charge in [-0.05, 0) is 31.0 Å². The topological polar surface area (TPSA) is 64.3 Å². The Morgan fingerprint density at radius 2 is 2.06 bits per heavy atom. The average Bonchev–Trinajstić information content (AvgIpc) is 2.36. The largest absolute Gasteiger partial charge is 0.497 e. The van der Waals surface area contributed by atoms with Crippen molar-refractivity contribution in [3.05, 3.63) is 29.8 Å². The fourth-order valence-corrected chi connectivity index (χ4v) is 1.46. The van der Waals surface area contributed by atoms with E-state index in [0.29, 0.717) is 13.0 Å². The molecule has 94 valence electrons. The van der Waals surface area contributed by atoms with Crippen molar-refractivity contribution in [3.63, 3.8) is 0 Å². The van der Waals surface area contributed by atoms with Crippen LogP contribution in [-0.2, 0) is 11.2 Å². The predicted molar refractivity (Wildman–Crippen MR) is 68.0 cm³/mol. The lowest BCUT2D eigenvalue weighted by molar-refractivity contribution is -0.121. The van der Waals surface area contributed by atoms with Gasteiger partial charge < -0.3 is 15.8 Å². The molecule has 1 aromatic rings. The molecule has 0 aromatic heterocycles. The van der Waals surface area contributed by atoms with E-state index in [1.165, 1.54) is 0 Å². The number of benzene rings is 1. The summed E-state index contributed by atoms with van der Waals surface area (Å²) in [6, 6.07) is 7.78. The third-order valence-corrected chi connectivity index (χ3v) is 2.56. The van der Waals surface area contributed by atoms with Crippen LogP contribution in [0, 0.1) is 0 Å². The van der Waals surface area contributed by atoms with Crippen LogP contribution in [0.1, 0.15) is 18.9 Å². The predicted octanol–water partition coefficient (Wildman–Crippen LogP) is 1.09. The Bertz CT molecular complexity index is 349. The Hall–Kier alpha value is -1.55. The van der Waals surface area contributed by atoms with Gasteiger partial charge in [0.2, 0.25) is 5.91 Å². The van der Waals surface area contributed by atoms with Gasteiger partial charge in [0.15, 0.2) is 0 Å². The third-order valence-electron chi connectivity index (χ3n) is 2.56. The van der Waals surface area contributed by atoms with E-state index in [4.69, 9.17) is 10.5 Å². The molecule has 0 spiro atoms. The normalized spacial score (nSPS) is 11.9. The van der Waals surface area contributed by atoms with E-state index in [-0.39, 0.29) is 11.9 Å². The molecule has 0 fully saturated rings. The van der Waals surface area contributed by atoms with Crippen molar-refractivity contribution in [1.29, 1.82) is 0 Å². The lowest BCUT2D eigenvalue weighted by Gasteiger charge is -2.11. The van der Waals surface area contributed by atoms with Crippen molar-refractivity contribution in [2.24, 2.45) is 5.73 Å². The van der Waals surface area contributed by atoms with Crippen LogP contribution in [0.4, 0.5) is 0 Å². The van der Waals surface area contributed by atoms with E-state index in [1.54, 1.807) is 7.11 Å². The van der Waals surface area contributed by atoms with Crippen molar-refractivity contribution >= 4 is 5.91 Å². The quantitative estimate of drug-likeness (QED) is 0.777. The molecule has 0 radical (unpaired) electrons. The van der Waals surface area contributed by atoms with Gasteiger partial charge >= 0.3 is 0 Å². The van der Waals surface area contributed by atoms with Crippen molar-refractivity contribution in [2.45, 2.75) is 25.8 Å². The summed E-state index contributed by atoms with van der Waals surface area (Å²) < 4.78 is 5.07. The number of hydrogen-bond donors (Lipinski definition) is 2. The number of nitrogens with two attached hydrogens (primary N) is 1. The molecule has 0 saturated carbocycles. The van der Waals surface area contributed by atoms with Crippen molar-refractivity contribution in [2.75, 3.05) is 13.7 Å². The van der Waals surface area contributed by atoms with Crippen molar-refractivity contribution in [3.8, 4) is 5.75 Å². The molecule has 0 aliphatic carbocycles. The summed E-state index contributed by atoms with van der Waals surface area (Å²) in [6.07, 6.45) is 1.21. The summed E-state index contributed by atoms with van der Waals surface area (Å²) in [7, 11) is 1.64. The molecular weight excluding hydrogens is 216 g/mol. The molecule has 4 nitrogen and oxygen atoms in total. The van der Waals surface area contributed by atoms with Crippen molar-refractivity contribution in [1.82, 2.24) is 5.32 Å². The first-order valence-corrected chi connectivity index (χ1v) is 5.78. The standard InChI is InChI=1S/C13H20N2O2/c1-10(9-14)15-13(16)8-5-11-3-6-12(17-2)7-4-11/h3-4,6-7,10H,5,8-9,14H2,1-2H3,(H,15,16)/t10-/m1/s1. The highest BCUT2D eigenvalue weighted by atomic mass is 16.5. The zero-order valence-electron chi connectivity index (χ0n) is 10.4. The summed E-state index contributed by atoms with van der Waals surface area (Å²) in [6.45, 7) is 2.36. The van der Waals surface area contributed by atoms with Crippen LogP contribution in [0.25, 0.3) is 0 Å². The van der Waals surface area contributed by atoms with Gasteiger partial charge in [0.25, 0.3) is 0 Å². The second-order valence-electron chi connectivity index (χ2n) is 4.05. The summed E-state index contributed by atoms with van der Waals surface area (Å²) in [4.78, 5) is 11.5. The van der Waals surface area contributed by atoms with E-state index in [0.717, 1.165) is 17.7 Å². The molecule has 0 aliphatic rings. The Kier molecular flexibility index (Phi) is 5.49. The molecule has 1 aromatic carbocycles. The number of rotatable bonds is 6. The zero-order chi connectivity index (χ0) is 12.7. The first kappa shape index (κ1) is 13.5. The molecule has 0 saturated heterocycles. The van der Waals surface area contributed by atoms with Crippen LogP contribution >= 0.6 is 0 Å². The van der Waals surface area contributed by atoms with Crippen LogP contribution in [-0.4, -0.2) is 25.6 Å². The highest BCUT2D eigenvalue weighted by molar-refractivity contribution is 5.76. The van der Waals surface area contributed by atoms with E-state index in [9.17, 15) is 4.79 Å². The molecule has 0 heterocycles. The summed E-state index contributed by atoms with van der Waals surface area (Å²) in [5.74, 6) is 0.869. The van der Waals surface area contributed by atoms with E-state index in [1.807, 2.05) is 31.2 Å². The minimum Gasteiger partial charge on any atom is -0.497 e. The molecule has 4 heteroatoms. The van der Waals surface area contributed by atoms with Gasteiger partial charge in [-0.25, -0.2) is 0 Å². The molecular formula is C13H20N2O2. The fourth-order valence-electron chi connectivity index (χ4n) is 1.46. The van der Waals surface area contributed by atoms with E-state index >= 15 is 0 Å². The molecule has 1 amide bonds. The molecule has 0 bridgehead atoms. The van der Waals surface area contributed by atoms with Gasteiger partial charge in [0.05, 0.1) is 7.11 Å².